The highest BCUT2D eigenvalue weighted by Gasteiger charge is 2.11. The summed E-state index contributed by atoms with van der Waals surface area (Å²) in [6.45, 7) is 10.3. The number of hydrogen-bond acceptors (Lipinski definition) is 6. The van der Waals surface area contributed by atoms with Crippen LogP contribution in [-0.4, -0.2) is 52.6 Å². The molecule has 0 spiro atoms. The average Bonchev–Trinajstić information content (AvgIpc) is 2.89. The first-order chi connectivity index (χ1) is 17.9. The first-order valence-electron chi connectivity index (χ1n) is 12.8. The van der Waals surface area contributed by atoms with Gasteiger partial charge in [0.2, 0.25) is 0 Å². The summed E-state index contributed by atoms with van der Waals surface area (Å²) in [7, 11) is 3.02. The lowest BCUT2D eigenvalue weighted by atomic mass is 9.96. The second-order valence-electron chi connectivity index (χ2n) is 9.04. The van der Waals surface area contributed by atoms with Crippen molar-refractivity contribution in [1.29, 1.82) is 0 Å². The van der Waals surface area contributed by atoms with E-state index >= 15 is 0 Å². The van der Waals surface area contributed by atoms with Crippen molar-refractivity contribution in [1.82, 2.24) is 0 Å². The Kier molecular flexibility index (Phi) is 13.4. The lowest BCUT2D eigenvalue weighted by molar-refractivity contribution is -0.140. The Morgan fingerprint density at radius 3 is 1.65 bits per heavy atom. The summed E-state index contributed by atoms with van der Waals surface area (Å²) in [5.74, 6) is -0.916. The molecule has 0 aromatic heterocycles. The minimum absolute atomic E-state index is 0.141. The normalized spacial score (nSPS) is 10.7. The van der Waals surface area contributed by atoms with Crippen LogP contribution in [0.2, 0.25) is 0 Å². The molecule has 0 unspecified atom stereocenters. The molecule has 0 heterocycles. The minimum atomic E-state index is -0.458. The van der Waals surface area contributed by atoms with Crippen LogP contribution < -0.4 is 0 Å². The quantitative estimate of drug-likeness (QED) is 0.156. The largest absolute Gasteiger partial charge is 0.462 e. The van der Waals surface area contributed by atoms with Crippen LogP contribution in [0, 0.1) is 0 Å². The van der Waals surface area contributed by atoms with Gasteiger partial charge in [-0.25, -0.2) is 9.59 Å². The second-order valence-corrected chi connectivity index (χ2v) is 9.04. The van der Waals surface area contributed by atoms with E-state index in [9.17, 15) is 9.59 Å². The van der Waals surface area contributed by atoms with Gasteiger partial charge >= 0.3 is 11.9 Å². The van der Waals surface area contributed by atoms with Gasteiger partial charge in [0.1, 0.15) is 0 Å². The number of benzene rings is 2. The van der Waals surface area contributed by atoms with E-state index in [2.05, 4.69) is 62.5 Å². The predicted octanol–water partition coefficient (Wildman–Crippen LogP) is 5.66. The third kappa shape index (κ3) is 10.7. The molecule has 0 aliphatic rings. The molecule has 0 fully saturated rings. The number of unbranched alkanes of at least 4 members (excludes halogenated alkanes) is 2. The molecule has 6 nitrogen and oxygen atoms in total. The van der Waals surface area contributed by atoms with E-state index in [1.807, 2.05) is 0 Å². The maximum atomic E-state index is 12.0. The minimum Gasteiger partial charge on any atom is -0.462 e. The van der Waals surface area contributed by atoms with E-state index in [0.717, 1.165) is 28.7 Å². The van der Waals surface area contributed by atoms with Crippen molar-refractivity contribution in [3.8, 4) is 11.1 Å². The highest BCUT2D eigenvalue weighted by atomic mass is 16.5. The standard InChI is InChI=1S/C31H40O6/c1-6-7-8-9-25-10-12-28(13-11-25)29-19-26(14-16-36-30(32)23(2)21-34-4)18-27(20-29)15-17-37-31(33)24(3)22-35-5/h10-13,18-20H,2-3,6-9,14-17,21-22H2,1,4-5H3. The van der Waals surface area contributed by atoms with Crippen molar-refractivity contribution < 1.29 is 28.5 Å². The Morgan fingerprint density at radius 1 is 0.676 bits per heavy atom. The Balaban J connectivity index is 2.13. The van der Waals surface area contributed by atoms with E-state index in [1.165, 1.54) is 39.0 Å². The molecule has 0 N–H and O–H groups in total. The molecule has 0 radical (unpaired) electrons. The van der Waals surface area contributed by atoms with Crippen LogP contribution in [0.5, 0.6) is 0 Å². The Hall–Kier alpha value is -3.22. The van der Waals surface area contributed by atoms with Crippen LogP contribution in [0.3, 0.4) is 0 Å². The van der Waals surface area contributed by atoms with Crippen LogP contribution >= 0.6 is 0 Å². The molecule has 0 saturated carbocycles. The highest BCUT2D eigenvalue weighted by molar-refractivity contribution is 5.88. The molecule has 37 heavy (non-hydrogen) atoms. The molecule has 0 aliphatic carbocycles. The zero-order valence-electron chi connectivity index (χ0n) is 22.5. The number of hydrogen-bond donors (Lipinski definition) is 0. The number of rotatable bonds is 17. The molecule has 2 aromatic rings. The van der Waals surface area contributed by atoms with Gasteiger partial charge in [0.05, 0.1) is 37.6 Å². The van der Waals surface area contributed by atoms with Crippen molar-refractivity contribution in [3.05, 3.63) is 83.5 Å². The molecule has 0 amide bonds. The Morgan fingerprint density at radius 2 is 1.19 bits per heavy atom. The first-order valence-corrected chi connectivity index (χ1v) is 12.8. The fourth-order valence-electron chi connectivity index (χ4n) is 3.85. The summed E-state index contributed by atoms with van der Waals surface area (Å²) < 4.78 is 20.6. The van der Waals surface area contributed by atoms with Crippen molar-refractivity contribution >= 4 is 11.9 Å². The van der Waals surface area contributed by atoms with Gasteiger partial charge in [-0.05, 0) is 40.7 Å². The molecule has 0 saturated heterocycles. The molecule has 2 aromatic carbocycles. The number of ether oxygens (including phenoxy) is 4. The van der Waals surface area contributed by atoms with Gasteiger partial charge in [0, 0.05) is 27.1 Å². The number of methoxy groups -OCH3 is 2. The lowest BCUT2D eigenvalue weighted by Crippen LogP contribution is -2.13. The zero-order chi connectivity index (χ0) is 27.0. The fraction of sp³-hybridized carbons (Fsp3) is 0.419. The number of aryl methyl sites for hydroxylation is 1. The molecule has 200 valence electrons. The Bertz CT molecular complexity index is 984. The molecular weight excluding hydrogens is 468 g/mol. The van der Waals surface area contributed by atoms with Crippen LogP contribution in [0.4, 0.5) is 0 Å². The van der Waals surface area contributed by atoms with Gasteiger partial charge in [-0.2, -0.15) is 0 Å². The third-order valence-electron chi connectivity index (χ3n) is 5.87. The molecule has 0 aliphatic heterocycles. The van der Waals surface area contributed by atoms with Crippen molar-refractivity contribution in [3.63, 3.8) is 0 Å². The number of carbonyl (C=O) groups is 2. The van der Waals surface area contributed by atoms with Gasteiger partial charge in [-0.15, -0.1) is 0 Å². The van der Waals surface area contributed by atoms with E-state index in [1.54, 1.807) is 0 Å². The summed E-state index contributed by atoms with van der Waals surface area (Å²) in [6, 6.07) is 14.9. The van der Waals surface area contributed by atoms with E-state index in [0.29, 0.717) is 12.8 Å². The fourth-order valence-corrected chi connectivity index (χ4v) is 3.85. The summed E-state index contributed by atoms with van der Waals surface area (Å²) in [5.41, 5.74) is 6.14. The highest BCUT2D eigenvalue weighted by Crippen LogP contribution is 2.24. The predicted molar refractivity (Wildman–Crippen MR) is 146 cm³/mol. The lowest BCUT2D eigenvalue weighted by Gasteiger charge is -2.12. The second kappa shape index (κ2) is 16.5. The summed E-state index contributed by atoms with van der Waals surface area (Å²) >= 11 is 0. The maximum Gasteiger partial charge on any atom is 0.335 e. The summed E-state index contributed by atoms with van der Waals surface area (Å²) in [5, 5.41) is 0. The van der Waals surface area contributed by atoms with Gasteiger partial charge in [-0.1, -0.05) is 75.4 Å². The van der Waals surface area contributed by atoms with Crippen molar-refractivity contribution in [2.24, 2.45) is 0 Å². The molecule has 2 rings (SSSR count). The molecule has 6 heteroatoms. The third-order valence-corrected chi connectivity index (χ3v) is 5.87. The van der Waals surface area contributed by atoms with Crippen LogP contribution in [0.25, 0.3) is 11.1 Å². The SMILES string of the molecule is C=C(COC)C(=O)OCCc1cc(CCOC(=O)C(=C)COC)cc(-c2ccc(CCCCC)cc2)c1. The number of esters is 2. The van der Waals surface area contributed by atoms with Gasteiger partial charge < -0.3 is 18.9 Å². The molecule has 0 atom stereocenters. The van der Waals surface area contributed by atoms with Crippen LogP contribution in [0.1, 0.15) is 42.9 Å². The van der Waals surface area contributed by atoms with E-state index < -0.39 is 11.9 Å². The van der Waals surface area contributed by atoms with E-state index in [-0.39, 0.29) is 37.6 Å². The first kappa shape index (κ1) is 30.0. The van der Waals surface area contributed by atoms with Gasteiger partial charge in [0.25, 0.3) is 0 Å². The molecule has 0 bridgehead atoms. The summed E-state index contributed by atoms with van der Waals surface area (Å²) in [6.07, 6.45) is 5.82. The zero-order valence-corrected chi connectivity index (χ0v) is 22.5. The van der Waals surface area contributed by atoms with Crippen molar-refractivity contribution in [2.75, 3.05) is 40.6 Å². The Labute approximate surface area is 221 Å². The number of carbonyl (C=O) groups excluding carboxylic acids is 2. The topological polar surface area (TPSA) is 71.1 Å². The molecular formula is C31H40O6. The van der Waals surface area contributed by atoms with E-state index in [4.69, 9.17) is 18.9 Å². The summed E-state index contributed by atoms with van der Waals surface area (Å²) in [4.78, 5) is 24.1. The smallest absolute Gasteiger partial charge is 0.335 e. The van der Waals surface area contributed by atoms with Gasteiger partial charge in [0.15, 0.2) is 0 Å². The maximum absolute atomic E-state index is 12.0. The average molecular weight is 509 g/mol. The van der Waals surface area contributed by atoms with Gasteiger partial charge in [-0.3, -0.25) is 0 Å². The van der Waals surface area contributed by atoms with Crippen LogP contribution in [-0.2, 0) is 47.8 Å². The monoisotopic (exact) mass is 508 g/mol. The van der Waals surface area contributed by atoms with Crippen LogP contribution in [0.15, 0.2) is 66.8 Å². The van der Waals surface area contributed by atoms with Crippen molar-refractivity contribution in [2.45, 2.75) is 45.4 Å².